The first-order chi connectivity index (χ1) is 7.13. The third kappa shape index (κ3) is 3.61. The van der Waals surface area contributed by atoms with E-state index in [0.29, 0.717) is 6.42 Å². The van der Waals surface area contributed by atoms with Crippen molar-refractivity contribution in [3.63, 3.8) is 0 Å². The second kappa shape index (κ2) is 5.38. The Labute approximate surface area is 87.0 Å². The van der Waals surface area contributed by atoms with Crippen LogP contribution in [-0.2, 0) is 4.79 Å². The van der Waals surface area contributed by atoms with Crippen LogP contribution in [0.5, 0.6) is 5.95 Å². The lowest BCUT2D eigenvalue weighted by molar-refractivity contribution is -0.135. The van der Waals surface area contributed by atoms with E-state index >= 15 is 0 Å². The first-order valence-corrected chi connectivity index (χ1v) is 4.94. The SMILES string of the molecule is CCCCCC(=O)Oc1oc(=O)oc1C. The van der Waals surface area contributed by atoms with Crippen LogP contribution >= 0.6 is 0 Å². The van der Waals surface area contributed by atoms with Gasteiger partial charge in [-0.15, -0.1) is 0 Å². The van der Waals surface area contributed by atoms with Gasteiger partial charge in [-0.05, 0) is 6.42 Å². The molecule has 0 aliphatic heterocycles. The average molecular weight is 214 g/mol. The minimum atomic E-state index is -0.858. The number of carbonyl (C=O) groups is 1. The summed E-state index contributed by atoms with van der Waals surface area (Å²) < 4.78 is 13.9. The van der Waals surface area contributed by atoms with Crippen molar-refractivity contribution in [2.75, 3.05) is 0 Å². The maximum atomic E-state index is 11.2. The molecule has 0 bridgehead atoms. The molecule has 0 spiro atoms. The summed E-state index contributed by atoms with van der Waals surface area (Å²) in [7, 11) is 0. The Balaban J connectivity index is 2.44. The summed E-state index contributed by atoms with van der Waals surface area (Å²) in [6.07, 6.45) is 3.11. The van der Waals surface area contributed by atoms with Crippen LogP contribution in [0, 0.1) is 6.92 Å². The molecule has 0 N–H and O–H groups in total. The molecule has 1 rings (SSSR count). The van der Waals surface area contributed by atoms with Gasteiger partial charge < -0.3 is 13.6 Å². The van der Waals surface area contributed by atoms with Gasteiger partial charge in [0.05, 0.1) is 0 Å². The van der Waals surface area contributed by atoms with E-state index < -0.39 is 11.8 Å². The van der Waals surface area contributed by atoms with Crippen molar-refractivity contribution in [2.45, 2.75) is 39.5 Å². The molecule has 84 valence electrons. The molecule has 0 radical (unpaired) electrons. The maximum absolute atomic E-state index is 11.2. The number of hydrogen-bond donors (Lipinski definition) is 0. The smallest absolute Gasteiger partial charge is 0.392 e. The number of hydrogen-bond acceptors (Lipinski definition) is 5. The molecule has 0 amide bonds. The van der Waals surface area contributed by atoms with Crippen LogP contribution in [-0.4, -0.2) is 5.97 Å². The Morgan fingerprint density at radius 3 is 2.60 bits per heavy atom. The number of rotatable bonds is 5. The average Bonchev–Trinajstić information content (AvgIpc) is 2.45. The number of aryl methyl sites for hydroxylation is 1. The molecule has 5 heteroatoms. The van der Waals surface area contributed by atoms with Crippen molar-refractivity contribution in [2.24, 2.45) is 0 Å². The highest BCUT2D eigenvalue weighted by molar-refractivity contribution is 5.71. The molecular formula is C10H14O5. The van der Waals surface area contributed by atoms with Crippen molar-refractivity contribution < 1.29 is 18.4 Å². The van der Waals surface area contributed by atoms with Crippen LogP contribution in [0.15, 0.2) is 13.6 Å². The summed E-state index contributed by atoms with van der Waals surface area (Å²) in [5.41, 5.74) is 0. The quantitative estimate of drug-likeness (QED) is 0.554. The van der Waals surface area contributed by atoms with E-state index in [2.05, 4.69) is 8.83 Å². The Kier molecular flexibility index (Phi) is 4.15. The van der Waals surface area contributed by atoms with Gasteiger partial charge in [0, 0.05) is 13.3 Å². The molecular weight excluding hydrogens is 200 g/mol. The summed E-state index contributed by atoms with van der Waals surface area (Å²) in [6.45, 7) is 3.55. The van der Waals surface area contributed by atoms with Crippen molar-refractivity contribution in [3.05, 3.63) is 16.4 Å². The van der Waals surface area contributed by atoms with Crippen LogP contribution in [0.25, 0.3) is 0 Å². The molecule has 5 nitrogen and oxygen atoms in total. The molecule has 0 atom stereocenters. The predicted octanol–water partition coefficient (Wildman–Crippen LogP) is 2.03. The van der Waals surface area contributed by atoms with Crippen molar-refractivity contribution >= 4 is 5.97 Å². The Morgan fingerprint density at radius 1 is 1.33 bits per heavy atom. The van der Waals surface area contributed by atoms with Gasteiger partial charge in [-0.3, -0.25) is 4.79 Å². The van der Waals surface area contributed by atoms with Gasteiger partial charge in [-0.1, -0.05) is 19.8 Å². The van der Waals surface area contributed by atoms with Gasteiger partial charge in [0.1, 0.15) is 0 Å². The third-order valence-corrected chi connectivity index (χ3v) is 1.89. The molecule has 0 aromatic carbocycles. The Bertz CT molecular complexity index is 373. The third-order valence-electron chi connectivity index (χ3n) is 1.89. The van der Waals surface area contributed by atoms with Crippen LogP contribution in [0.4, 0.5) is 0 Å². The van der Waals surface area contributed by atoms with E-state index in [4.69, 9.17) is 4.74 Å². The molecule has 0 unspecified atom stereocenters. The Hall–Kier alpha value is -1.52. The van der Waals surface area contributed by atoms with E-state index in [1.54, 1.807) is 0 Å². The molecule has 0 saturated carbocycles. The summed E-state index contributed by atoms with van der Waals surface area (Å²) in [5.74, 6) is -1.22. The summed E-state index contributed by atoms with van der Waals surface area (Å²) in [5, 5.41) is 0. The van der Waals surface area contributed by atoms with E-state index in [1.807, 2.05) is 6.92 Å². The van der Waals surface area contributed by atoms with Gasteiger partial charge in [-0.2, -0.15) is 0 Å². The summed E-state index contributed by atoms with van der Waals surface area (Å²) >= 11 is 0. The zero-order chi connectivity index (χ0) is 11.3. The minimum absolute atomic E-state index is 0.138. The first-order valence-electron chi connectivity index (χ1n) is 4.94. The number of unbranched alkanes of at least 4 members (excludes halogenated alkanes) is 2. The molecule has 1 aromatic rings. The standard InChI is InChI=1S/C10H14O5/c1-3-4-5-6-8(11)14-9-7(2)13-10(12)15-9/h3-6H2,1-2H3. The monoisotopic (exact) mass is 214 g/mol. The molecule has 0 aliphatic carbocycles. The highest BCUT2D eigenvalue weighted by atomic mass is 16.7. The highest BCUT2D eigenvalue weighted by Crippen LogP contribution is 2.15. The fourth-order valence-electron chi connectivity index (χ4n) is 1.10. The van der Waals surface area contributed by atoms with Crippen LogP contribution in [0.3, 0.4) is 0 Å². The number of carbonyl (C=O) groups excluding carboxylic acids is 1. The van der Waals surface area contributed by atoms with E-state index in [0.717, 1.165) is 19.3 Å². The van der Waals surface area contributed by atoms with Gasteiger partial charge in [0.15, 0.2) is 5.76 Å². The number of esters is 1. The number of ether oxygens (including phenoxy) is 1. The van der Waals surface area contributed by atoms with Crippen molar-refractivity contribution in [1.82, 2.24) is 0 Å². The van der Waals surface area contributed by atoms with Gasteiger partial charge in [0.2, 0.25) is 0 Å². The van der Waals surface area contributed by atoms with Gasteiger partial charge in [-0.25, -0.2) is 4.79 Å². The second-order valence-electron chi connectivity index (χ2n) is 3.23. The van der Waals surface area contributed by atoms with E-state index in [1.165, 1.54) is 6.92 Å². The molecule has 1 heterocycles. The normalized spacial score (nSPS) is 10.3. The molecule has 0 saturated heterocycles. The fourth-order valence-corrected chi connectivity index (χ4v) is 1.10. The minimum Gasteiger partial charge on any atom is -0.392 e. The van der Waals surface area contributed by atoms with Gasteiger partial charge >= 0.3 is 17.7 Å². The van der Waals surface area contributed by atoms with Crippen molar-refractivity contribution in [3.8, 4) is 5.95 Å². The van der Waals surface area contributed by atoms with E-state index in [9.17, 15) is 9.59 Å². The van der Waals surface area contributed by atoms with Gasteiger partial charge in [0.25, 0.3) is 0 Å². The van der Waals surface area contributed by atoms with E-state index in [-0.39, 0.29) is 11.7 Å². The predicted molar refractivity (Wildman–Crippen MR) is 51.8 cm³/mol. The molecule has 0 aliphatic rings. The highest BCUT2D eigenvalue weighted by Gasteiger charge is 2.13. The topological polar surface area (TPSA) is 69.7 Å². The largest absolute Gasteiger partial charge is 0.521 e. The fraction of sp³-hybridized carbons (Fsp3) is 0.600. The van der Waals surface area contributed by atoms with Crippen LogP contribution in [0.1, 0.15) is 38.4 Å². The molecule has 1 aromatic heterocycles. The zero-order valence-corrected chi connectivity index (χ0v) is 8.87. The van der Waals surface area contributed by atoms with Crippen molar-refractivity contribution in [1.29, 1.82) is 0 Å². The first kappa shape index (κ1) is 11.6. The summed E-state index contributed by atoms with van der Waals surface area (Å²) in [4.78, 5) is 21.9. The van der Waals surface area contributed by atoms with Crippen LogP contribution < -0.4 is 10.6 Å². The zero-order valence-electron chi connectivity index (χ0n) is 8.87. The lowest BCUT2D eigenvalue weighted by atomic mass is 10.2. The molecule has 15 heavy (non-hydrogen) atoms. The molecule has 0 fully saturated rings. The van der Waals surface area contributed by atoms with Crippen LogP contribution in [0.2, 0.25) is 0 Å². The second-order valence-corrected chi connectivity index (χ2v) is 3.23. The lowest BCUT2D eigenvalue weighted by Crippen LogP contribution is -2.07. The Morgan fingerprint density at radius 2 is 2.07 bits per heavy atom. The summed E-state index contributed by atoms with van der Waals surface area (Å²) in [6, 6.07) is 0. The maximum Gasteiger partial charge on any atom is 0.521 e. The lowest BCUT2D eigenvalue weighted by Gasteiger charge is -1.99.